The first-order valence-electron chi connectivity index (χ1n) is 7.38. The van der Waals surface area contributed by atoms with Gasteiger partial charge in [0.05, 0.1) is 7.11 Å². The van der Waals surface area contributed by atoms with Crippen molar-refractivity contribution in [1.29, 1.82) is 0 Å². The molecule has 0 amide bonds. The molecule has 112 valence electrons. The molecule has 2 N–H and O–H groups in total. The minimum atomic E-state index is 0.567. The van der Waals surface area contributed by atoms with Gasteiger partial charge in [0, 0.05) is 23.2 Å². The quantitative estimate of drug-likeness (QED) is 0.906. The van der Waals surface area contributed by atoms with Crippen LogP contribution in [-0.2, 0) is 6.54 Å². The zero-order valence-corrected chi connectivity index (χ0v) is 13.2. The topological polar surface area (TPSA) is 38.5 Å². The number of hydrogen-bond acceptors (Lipinski definition) is 3. The van der Waals surface area contributed by atoms with E-state index in [1.165, 1.54) is 25.7 Å². The van der Waals surface area contributed by atoms with Crippen LogP contribution in [0.4, 0.5) is 0 Å². The van der Waals surface area contributed by atoms with Gasteiger partial charge in [0.1, 0.15) is 5.75 Å². The molecule has 0 heterocycles. The van der Waals surface area contributed by atoms with E-state index >= 15 is 0 Å². The van der Waals surface area contributed by atoms with E-state index < -0.39 is 0 Å². The molecule has 1 aromatic rings. The van der Waals surface area contributed by atoms with E-state index in [4.69, 9.17) is 22.1 Å². The molecule has 1 aromatic carbocycles. The lowest BCUT2D eigenvalue weighted by Crippen LogP contribution is -2.42. The molecule has 20 heavy (non-hydrogen) atoms. The fraction of sp³-hybridized carbons (Fsp3) is 0.625. The average molecular weight is 297 g/mol. The Hall–Kier alpha value is -0.770. The lowest BCUT2D eigenvalue weighted by atomic mass is 9.83. The third-order valence-corrected chi connectivity index (χ3v) is 4.64. The Morgan fingerprint density at radius 1 is 1.35 bits per heavy atom. The van der Waals surface area contributed by atoms with Crippen molar-refractivity contribution in [3.63, 3.8) is 0 Å². The summed E-state index contributed by atoms with van der Waals surface area (Å²) in [6.07, 6.45) is 5.10. The fourth-order valence-corrected chi connectivity index (χ4v) is 3.49. The van der Waals surface area contributed by atoms with Crippen LogP contribution >= 0.6 is 11.6 Å². The SMILES string of the molecule is COc1ccc(Cl)cc1CN(C)C1CCCCC1CN. The number of ether oxygens (including phenoxy) is 1. The largest absolute Gasteiger partial charge is 0.496 e. The maximum atomic E-state index is 6.10. The molecule has 3 nitrogen and oxygen atoms in total. The van der Waals surface area contributed by atoms with Crippen molar-refractivity contribution in [3.05, 3.63) is 28.8 Å². The predicted molar refractivity (Wildman–Crippen MR) is 84.3 cm³/mol. The molecule has 2 atom stereocenters. The second-order valence-electron chi connectivity index (χ2n) is 5.72. The van der Waals surface area contributed by atoms with Crippen molar-refractivity contribution in [2.24, 2.45) is 11.7 Å². The van der Waals surface area contributed by atoms with E-state index in [1.54, 1.807) is 7.11 Å². The van der Waals surface area contributed by atoms with Gasteiger partial charge in [0.15, 0.2) is 0 Å². The minimum Gasteiger partial charge on any atom is -0.496 e. The van der Waals surface area contributed by atoms with E-state index in [0.717, 1.165) is 29.4 Å². The van der Waals surface area contributed by atoms with Crippen molar-refractivity contribution in [1.82, 2.24) is 4.90 Å². The Labute approximate surface area is 127 Å². The van der Waals surface area contributed by atoms with Gasteiger partial charge in [-0.05, 0) is 50.6 Å². The molecule has 4 heteroatoms. The number of rotatable bonds is 5. The van der Waals surface area contributed by atoms with Crippen LogP contribution in [0.25, 0.3) is 0 Å². The van der Waals surface area contributed by atoms with Gasteiger partial charge in [-0.3, -0.25) is 4.90 Å². The van der Waals surface area contributed by atoms with Gasteiger partial charge in [0.25, 0.3) is 0 Å². The lowest BCUT2D eigenvalue weighted by Gasteiger charge is -2.37. The minimum absolute atomic E-state index is 0.567. The first kappa shape index (κ1) is 15.6. The van der Waals surface area contributed by atoms with Gasteiger partial charge in [-0.1, -0.05) is 24.4 Å². The molecule has 2 unspecified atom stereocenters. The highest BCUT2D eigenvalue weighted by atomic mass is 35.5. The summed E-state index contributed by atoms with van der Waals surface area (Å²) < 4.78 is 5.43. The zero-order valence-electron chi connectivity index (χ0n) is 12.4. The average Bonchev–Trinajstić information content (AvgIpc) is 2.47. The number of benzene rings is 1. The molecular weight excluding hydrogens is 272 g/mol. The predicted octanol–water partition coefficient (Wildman–Crippen LogP) is 3.30. The first-order valence-corrected chi connectivity index (χ1v) is 7.76. The molecule has 2 rings (SSSR count). The summed E-state index contributed by atoms with van der Waals surface area (Å²) in [5.41, 5.74) is 7.07. The fourth-order valence-electron chi connectivity index (χ4n) is 3.30. The maximum Gasteiger partial charge on any atom is 0.123 e. The molecule has 1 aliphatic carbocycles. The van der Waals surface area contributed by atoms with E-state index in [9.17, 15) is 0 Å². The van der Waals surface area contributed by atoms with Crippen LogP contribution in [0.15, 0.2) is 18.2 Å². The van der Waals surface area contributed by atoms with Gasteiger partial charge >= 0.3 is 0 Å². The van der Waals surface area contributed by atoms with Crippen LogP contribution in [0.1, 0.15) is 31.2 Å². The normalized spacial score (nSPS) is 23.1. The second kappa shape index (κ2) is 7.30. The van der Waals surface area contributed by atoms with Crippen LogP contribution < -0.4 is 10.5 Å². The molecule has 0 aliphatic heterocycles. The number of methoxy groups -OCH3 is 1. The summed E-state index contributed by atoms with van der Waals surface area (Å²) in [5, 5.41) is 0.758. The second-order valence-corrected chi connectivity index (χ2v) is 6.16. The van der Waals surface area contributed by atoms with Crippen LogP contribution in [0.2, 0.25) is 5.02 Å². The Morgan fingerprint density at radius 2 is 2.10 bits per heavy atom. The van der Waals surface area contributed by atoms with Crippen LogP contribution in [0.5, 0.6) is 5.75 Å². The standard InChI is InChI=1S/C16H25ClN2O/c1-19(15-6-4-3-5-12(15)10-18)11-13-9-14(17)7-8-16(13)20-2/h7-9,12,15H,3-6,10-11,18H2,1-2H3. The van der Waals surface area contributed by atoms with Crippen LogP contribution in [-0.4, -0.2) is 31.6 Å². The Kier molecular flexibility index (Phi) is 5.70. The Bertz CT molecular complexity index is 438. The Morgan fingerprint density at radius 3 is 2.80 bits per heavy atom. The van der Waals surface area contributed by atoms with Crippen molar-refractivity contribution in [2.75, 3.05) is 20.7 Å². The highest BCUT2D eigenvalue weighted by Crippen LogP contribution is 2.30. The van der Waals surface area contributed by atoms with Crippen LogP contribution in [0, 0.1) is 5.92 Å². The Balaban J connectivity index is 2.10. The van der Waals surface area contributed by atoms with Crippen molar-refractivity contribution in [2.45, 2.75) is 38.3 Å². The summed E-state index contributed by atoms with van der Waals surface area (Å²) in [4.78, 5) is 2.41. The van der Waals surface area contributed by atoms with Crippen molar-refractivity contribution >= 4 is 11.6 Å². The molecule has 1 saturated carbocycles. The molecule has 0 radical (unpaired) electrons. The molecule has 0 bridgehead atoms. The third-order valence-electron chi connectivity index (χ3n) is 4.40. The highest BCUT2D eigenvalue weighted by Gasteiger charge is 2.27. The summed E-state index contributed by atoms with van der Waals surface area (Å²) in [6.45, 7) is 1.63. The third kappa shape index (κ3) is 3.66. The smallest absolute Gasteiger partial charge is 0.123 e. The van der Waals surface area contributed by atoms with Gasteiger partial charge < -0.3 is 10.5 Å². The maximum absolute atomic E-state index is 6.10. The van der Waals surface area contributed by atoms with Gasteiger partial charge in [-0.15, -0.1) is 0 Å². The highest BCUT2D eigenvalue weighted by molar-refractivity contribution is 6.30. The van der Waals surface area contributed by atoms with E-state index in [0.29, 0.717) is 12.0 Å². The summed E-state index contributed by atoms with van der Waals surface area (Å²) in [6, 6.07) is 6.37. The van der Waals surface area contributed by atoms with E-state index in [1.807, 2.05) is 18.2 Å². The molecule has 1 aliphatic rings. The molecule has 0 spiro atoms. The van der Waals surface area contributed by atoms with Crippen molar-refractivity contribution < 1.29 is 4.74 Å². The van der Waals surface area contributed by atoms with Crippen LogP contribution in [0.3, 0.4) is 0 Å². The van der Waals surface area contributed by atoms with Gasteiger partial charge in [-0.25, -0.2) is 0 Å². The van der Waals surface area contributed by atoms with Gasteiger partial charge in [0.2, 0.25) is 0 Å². The first-order chi connectivity index (χ1) is 9.65. The zero-order chi connectivity index (χ0) is 14.5. The molecule has 0 saturated heterocycles. The van der Waals surface area contributed by atoms with Crippen molar-refractivity contribution in [3.8, 4) is 5.75 Å². The number of hydrogen-bond donors (Lipinski definition) is 1. The summed E-state index contributed by atoms with van der Waals surface area (Å²) in [7, 11) is 3.88. The lowest BCUT2D eigenvalue weighted by molar-refractivity contribution is 0.126. The monoisotopic (exact) mass is 296 g/mol. The van der Waals surface area contributed by atoms with E-state index in [2.05, 4.69) is 11.9 Å². The van der Waals surface area contributed by atoms with E-state index in [-0.39, 0.29) is 0 Å². The number of nitrogens with two attached hydrogens (primary N) is 1. The molecule has 0 aromatic heterocycles. The number of nitrogens with zero attached hydrogens (tertiary/aromatic N) is 1. The molecule has 1 fully saturated rings. The number of halogens is 1. The summed E-state index contributed by atoms with van der Waals surface area (Å²) >= 11 is 6.10. The van der Waals surface area contributed by atoms with Gasteiger partial charge in [-0.2, -0.15) is 0 Å². The summed E-state index contributed by atoms with van der Waals surface area (Å²) in [5.74, 6) is 1.51. The molecular formula is C16H25ClN2O.